The molecule has 0 atom stereocenters. The molecule has 0 spiro atoms. The van der Waals surface area contributed by atoms with Crippen molar-refractivity contribution in [2.75, 3.05) is 26.2 Å². The minimum atomic E-state index is 0.0639. The van der Waals surface area contributed by atoms with Gasteiger partial charge in [-0.05, 0) is 48.7 Å². The van der Waals surface area contributed by atoms with Gasteiger partial charge in [0, 0.05) is 18.0 Å². The molecule has 2 aromatic rings. The van der Waals surface area contributed by atoms with Crippen LogP contribution < -0.4 is 5.32 Å². The van der Waals surface area contributed by atoms with Crippen LogP contribution in [0.5, 0.6) is 0 Å². The molecule has 0 bridgehead atoms. The van der Waals surface area contributed by atoms with Crippen LogP contribution in [0, 0.1) is 0 Å². The zero-order valence-corrected chi connectivity index (χ0v) is 14.7. The molecule has 0 saturated heterocycles. The van der Waals surface area contributed by atoms with Crippen molar-refractivity contribution < 1.29 is 4.79 Å². The predicted octanol–water partition coefficient (Wildman–Crippen LogP) is 3.59. The van der Waals surface area contributed by atoms with Gasteiger partial charge in [0.25, 0.3) is 5.91 Å². The van der Waals surface area contributed by atoms with Crippen LogP contribution in [0.15, 0.2) is 30.3 Å². The van der Waals surface area contributed by atoms with Gasteiger partial charge in [-0.15, -0.1) is 11.3 Å². The number of rotatable bonds is 6. The molecule has 1 aliphatic rings. The number of thiophene rings is 1. The topological polar surface area (TPSA) is 32.3 Å². The molecule has 0 fully saturated rings. The van der Waals surface area contributed by atoms with E-state index in [1.165, 1.54) is 21.6 Å². The van der Waals surface area contributed by atoms with Gasteiger partial charge < -0.3 is 10.2 Å². The second-order valence-electron chi connectivity index (χ2n) is 5.90. The molecule has 1 amide bonds. The standard InChI is InChI=1S/C19H24N2OS/c1-3-21(4-2)12-11-20-19(22)17-13-15-10-9-14-7-5-6-8-16(14)18(15)23-17/h5-8,13H,3-4,9-12H2,1-2H3,(H,20,22). The second kappa shape index (κ2) is 7.28. The third-order valence-electron chi connectivity index (χ3n) is 4.57. The Labute approximate surface area is 142 Å². The zero-order chi connectivity index (χ0) is 16.2. The first-order valence-corrected chi connectivity index (χ1v) is 9.26. The van der Waals surface area contributed by atoms with Crippen LogP contribution in [0.25, 0.3) is 10.4 Å². The number of benzene rings is 1. The number of carbonyl (C=O) groups excluding carboxylic acids is 1. The summed E-state index contributed by atoms with van der Waals surface area (Å²) in [6, 6.07) is 10.6. The van der Waals surface area contributed by atoms with Gasteiger partial charge in [0.2, 0.25) is 0 Å². The Kier molecular flexibility index (Phi) is 5.13. The van der Waals surface area contributed by atoms with Crippen molar-refractivity contribution in [3.63, 3.8) is 0 Å². The van der Waals surface area contributed by atoms with Crippen molar-refractivity contribution in [2.45, 2.75) is 26.7 Å². The number of likely N-dealkylation sites (N-methyl/N-ethyl adjacent to an activating group) is 1. The number of hydrogen-bond donors (Lipinski definition) is 1. The first-order valence-electron chi connectivity index (χ1n) is 8.44. The summed E-state index contributed by atoms with van der Waals surface area (Å²) in [5, 5.41) is 3.06. The molecule has 122 valence electrons. The predicted molar refractivity (Wildman–Crippen MR) is 97.3 cm³/mol. The van der Waals surface area contributed by atoms with Gasteiger partial charge >= 0.3 is 0 Å². The van der Waals surface area contributed by atoms with Crippen molar-refractivity contribution in [3.05, 3.63) is 46.3 Å². The molecule has 3 nitrogen and oxygen atoms in total. The highest BCUT2D eigenvalue weighted by molar-refractivity contribution is 7.17. The van der Waals surface area contributed by atoms with Crippen molar-refractivity contribution in [1.29, 1.82) is 0 Å². The molecular weight excluding hydrogens is 304 g/mol. The Morgan fingerprint density at radius 3 is 2.70 bits per heavy atom. The first kappa shape index (κ1) is 16.2. The summed E-state index contributed by atoms with van der Waals surface area (Å²) >= 11 is 1.63. The van der Waals surface area contributed by atoms with Gasteiger partial charge in [0.15, 0.2) is 0 Å². The minimum Gasteiger partial charge on any atom is -0.350 e. The molecule has 0 aliphatic heterocycles. The van der Waals surface area contributed by atoms with E-state index in [1.807, 2.05) is 0 Å². The lowest BCUT2D eigenvalue weighted by Gasteiger charge is -2.17. The van der Waals surface area contributed by atoms with Crippen LogP contribution in [0.4, 0.5) is 0 Å². The van der Waals surface area contributed by atoms with E-state index in [9.17, 15) is 4.79 Å². The number of fused-ring (bicyclic) bond motifs is 3. The van der Waals surface area contributed by atoms with Crippen molar-refractivity contribution in [1.82, 2.24) is 10.2 Å². The number of amides is 1. The van der Waals surface area contributed by atoms with Crippen LogP contribution in [0.2, 0.25) is 0 Å². The van der Waals surface area contributed by atoms with Crippen LogP contribution in [0.3, 0.4) is 0 Å². The first-order chi connectivity index (χ1) is 11.2. The number of nitrogens with one attached hydrogen (secondary N) is 1. The van der Waals surface area contributed by atoms with Crippen LogP contribution in [0.1, 0.15) is 34.6 Å². The molecule has 1 N–H and O–H groups in total. The van der Waals surface area contributed by atoms with Crippen molar-refractivity contribution >= 4 is 17.2 Å². The number of nitrogens with zero attached hydrogens (tertiary/aromatic N) is 1. The summed E-state index contributed by atoms with van der Waals surface area (Å²) in [6.07, 6.45) is 2.11. The Balaban J connectivity index is 1.69. The average molecular weight is 328 g/mol. The van der Waals surface area contributed by atoms with Crippen molar-refractivity contribution in [2.24, 2.45) is 0 Å². The van der Waals surface area contributed by atoms with E-state index in [4.69, 9.17) is 0 Å². The van der Waals surface area contributed by atoms with Gasteiger partial charge in [-0.25, -0.2) is 0 Å². The normalized spacial score (nSPS) is 12.8. The third-order valence-corrected chi connectivity index (χ3v) is 5.78. The highest BCUT2D eigenvalue weighted by Crippen LogP contribution is 2.39. The molecule has 4 heteroatoms. The highest BCUT2D eigenvalue weighted by Gasteiger charge is 2.21. The number of carbonyl (C=O) groups is 1. The maximum atomic E-state index is 12.4. The smallest absolute Gasteiger partial charge is 0.261 e. The fourth-order valence-corrected chi connectivity index (χ4v) is 4.33. The molecule has 0 radical (unpaired) electrons. The van der Waals surface area contributed by atoms with E-state index in [0.717, 1.165) is 37.4 Å². The molecule has 1 aliphatic carbocycles. The fraction of sp³-hybridized carbons (Fsp3) is 0.421. The molecular formula is C19H24N2OS. The van der Waals surface area contributed by atoms with E-state index in [1.54, 1.807) is 11.3 Å². The summed E-state index contributed by atoms with van der Waals surface area (Å²) in [5.74, 6) is 0.0639. The van der Waals surface area contributed by atoms with Gasteiger partial charge in [-0.3, -0.25) is 4.79 Å². The highest BCUT2D eigenvalue weighted by atomic mass is 32.1. The number of aryl methyl sites for hydroxylation is 2. The zero-order valence-electron chi connectivity index (χ0n) is 13.9. The van der Waals surface area contributed by atoms with Crippen LogP contribution in [-0.4, -0.2) is 37.0 Å². The van der Waals surface area contributed by atoms with Gasteiger partial charge in [0.1, 0.15) is 0 Å². The Hall–Kier alpha value is -1.65. The van der Waals surface area contributed by atoms with Crippen molar-refractivity contribution in [3.8, 4) is 10.4 Å². The summed E-state index contributed by atoms with van der Waals surface area (Å²) in [7, 11) is 0. The van der Waals surface area contributed by atoms with E-state index >= 15 is 0 Å². The lowest BCUT2D eigenvalue weighted by Crippen LogP contribution is -2.34. The molecule has 1 aromatic carbocycles. The third kappa shape index (κ3) is 3.48. The number of hydrogen-bond acceptors (Lipinski definition) is 3. The quantitative estimate of drug-likeness (QED) is 0.879. The lowest BCUT2D eigenvalue weighted by molar-refractivity contribution is 0.0953. The average Bonchev–Trinajstić information content (AvgIpc) is 3.03. The molecule has 0 saturated carbocycles. The summed E-state index contributed by atoms with van der Waals surface area (Å²) in [6.45, 7) is 7.96. The lowest BCUT2D eigenvalue weighted by atomic mass is 9.91. The molecule has 1 aromatic heterocycles. The maximum Gasteiger partial charge on any atom is 0.261 e. The van der Waals surface area contributed by atoms with Gasteiger partial charge in [0.05, 0.1) is 4.88 Å². The monoisotopic (exact) mass is 328 g/mol. The molecule has 23 heavy (non-hydrogen) atoms. The molecule has 0 unspecified atom stereocenters. The summed E-state index contributed by atoms with van der Waals surface area (Å²) < 4.78 is 0. The van der Waals surface area contributed by atoms with Crippen LogP contribution >= 0.6 is 11.3 Å². The van der Waals surface area contributed by atoms with Gasteiger partial charge in [-0.1, -0.05) is 38.1 Å². The molecule has 1 heterocycles. The van der Waals surface area contributed by atoms with Gasteiger partial charge in [-0.2, -0.15) is 0 Å². The minimum absolute atomic E-state index is 0.0639. The summed E-state index contributed by atoms with van der Waals surface area (Å²) in [5.41, 5.74) is 4.03. The largest absolute Gasteiger partial charge is 0.350 e. The Bertz CT molecular complexity index is 688. The second-order valence-corrected chi connectivity index (χ2v) is 6.96. The Morgan fingerprint density at radius 1 is 1.17 bits per heavy atom. The van der Waals surface area contributed by atoms with E-state index < -0.39 is 0 Å². The van der Waals surface area contributed by atoms with E-state index in [0.29, 0.717) is 6.54 Å². The molecule has 3 rings (SSSR count). The summed E-state index contributed by atoms with van der Waals surface area (Å²) in [4.78, 5) is 16.8. The van der Waals surface area contributed by atoms with E-state index in [2.05, 4.69) is 54.4 Å². The maximum absolute atomic E-state index is 12.4. The fourth-order valence-electron chi connectivity index (χ4n) is 3.14. The SMILES string of the molecule is CCN(CC)CCNC(=O)c1cc2c(s1)-c1ccccc1CC2. The van der Waals surface area contributed by atoms with Crippen LogP contribution in [-0.2, 0) is 12.8 Å². The van der Waals surface area contributed by atoms with E-state index in [-0.39, 0.29) is 5.91 Å². The Morgan fingerprint density at radius 2 is 1.91 bits per heavy atom.